The maximum Gasteiger partial charge on any atom is 0.246 e. The van der Waals surface area contributed by atoms with Crippen LogP contribution in [0.25, 0.3) is 0 Å². The van der Waals surface area contributed by atoms with Crippen LogP contribution >= 0.6 is 0 Å². The van der Waals surface area contributed by atoms with E-state index in [-0.39, 0.29) is 23.4 Å². The second kappa shape index (κ2) is 10.5. The van der Waals surface area contributed by atoms with E-state index in [0.29, 0.717) is 32.8 Å². The lowest BCUT2D eigenvalue weighted by atomic mass is 9.91. The Morgan fingerprint density at radius 2 is 1.58 bits per heavy atom. The van der Waals surface area contributed by atoms with Crippen LogP contribution in [0.4, 0.5) is 0 Å². The molecule has 0 bridgehead atoms. The van der Waals surface area contributed by atoms with Crippen LogP contribution in [0.5, 0.6) is 0 Å². The molecule has 1 saturated heterocycles. The average molecular weight is 450 g/mol. The standard InChI is InChI=1S/C22H31N3O5S/c1-3-10-25(11-4-2)19-20(26)17-7-5-6-8-18(17)21(27)22(19)31(28,29)23-9-12-24-13-15-30-16-14-24/h5-8,23H,3-4,9-16H2,1-2H3. The molecule has 9 heteroatoms. The number of ether oxygens (including phenoxy) is 1. The van der Waals surface area contributed by atoms with Crippen LogP contribution in [-0.2, 0) is 14.8 Å². The first-order valence-electron chi connectivity index (χ1n) is 10.9. The van der Waals surface area contributed by atoms with Crippen LogP contribution < -0.4 is 4.72 Å². The molecule has 1 aromatic carbocycles. The Labute approximate surface area is 184 Å². The highest BCUT2D eigenvalue weighted by Gasteiger charge is 2.41. The quantitative estimate of drug-likeness (QED) is 0.580. The largest absolute Gasteiger partial charge is 0.379 e. The van der Waals surface area contributed by atoms with Crippen molar-refractivity contribution in [3.8, 4) is 0 Å². The maximum atomic E-state index is 13.4. The Kier molecular flexibility index (Phi) is 7.99. The second-order valence-corrected chi connectivity index (χ2v) is 9.42. The van der Waals surface area contributed by atoms with E-state index < -0.39 is 26.5 Å². The van der Waals surface area contributed by atoms with E-state index in [2.05, 4.69) is 9.62 Å². The van der Waals surface area contributed by atoms with Gasteiger partial charge in [0, 0.05) is 50.4 Å². The van der Waals surface area contributed by atoms with Crippen molar-refractivity contribution in [2.24, 2.45) is 0 Å². The van der Waals surface area contributed by atoms with Gasteiger partial charge in [-0.05, 0) is 12.8 Å². The fourth-order valence-electron chi connectivity index (χ4n) is 3.99. The predicted octanol–water partition coefficient (Wildman–Crippen LogP) is 1.65. The highest BCUT2D eigenvalue weighted by molar-refractivity contribution is 7.94. The van der Waals surface area contributed by atoms with Crippen LogP contribution in [0.3, 0.4) is 0 Å². The zero-order valence-corrected chi connectivity index (χ0v) is 19.0. The molecule has 31 heavy (non-hydrogen) atoms. The summed E-state index contributed by atoms with van der Waals surface area (Å²) in [5, 5.41) is 0. The van der Waals surface area contributed by atoms with Crippen LogP contribution in [0.15, 0.2) is 34.9 Å². The van der Waals surface area contributed by atoms with Gasteiger partial charge in [-0.1, -0.05) is 38.1 Å². The van der Waals surface area contributed by atoms with E-state index in [4.69, 9.17) is 4.74 Å². The van der Waals surface area contributed by atoms with Gasteiger partial charge in [0.05, 0.1) is 13.2 Å². The number of rotatable bonds is 10. The van der Waals surface area contributed by atoms with Crippen molar-refractivity contribution in [1.82, 2.24) is 14.5 Å². The zero-order chi connectivity index (χ0) is 22.4. The van der Waals surface area contributed by atoms with Gasteiger partial charge < -0.3 is 9.64 Å². The van der Waals surface area contributed by atoms with E-state index in [1.54, 1.807) is 23.1 Å². The predicted molar refractivity (Wildman–Crippen MR) is 118 cm³/mol. The SMILES string of the molecule is CCCN(CCC)C1=C(S(=O)(=O)NCCN2CCOCC2)C(=O)c2ccccc2C1=O. The van der Waals surface area contributed by atoms with Crippen molar-refractivity contribution in [2.75, 3.05) is 52.5 Å². The second-order valence-electron chi connectivity index (χ2n) is 7.72. The van der Waals surface area contributed by atoms with E-state index in [1.807, 2.05) is 13.8 Å². The molecule has 1 heterocycles. The molecular formula is C22H31N3O5S. The number of allylic oxidation sites excluding steroid dienone is 2. The molecule has 2 aliphatic rings. The topological polar surface area (TPSA) is 96.0 Å². The number of carbonyl (C=O) groups excluding carboxylic acids is 2. The van der Waals surface area contributed by atoms with Crippen molar-refractivity contribution < 1.29 is 22.7 Å². The molecule has 1 aliphatic carbocycles. The number of benzene rings is 1. The van der Waals surface area contributed by atoms with Crippen LogP contribution in [0.2, 0.25) is 0 Å². The normalized spacial score (nSPS) is 17.7. The van der Waals surface area contributed by atoms with Crippen LogP contribution in [-0.4, -0.2) is 82.3 Å². The monoisotopic (exact) mass is 449 g/mol. The summed E-state index contributed by atoms with van der Waals surface area (Å²) in [7, 11) is -4.18. The molecule has 1 N–H and O–H groups in total. The number of hydrogen-bond acceptors (Lipinski definition) is 7. The summed E-state index contributed by atoms with van der Waals surface area (Å²) < 4.78 is 34.5. The first kappa shape index (κ1) is 23.6. The Bertz CT molecular complexity index is 946. The minimum absolute atomic E-state index is 0.00808. The van der Waals surface area contributed by atoms with Crippen LogP contribution in [0, 0.1) is 0 Å². The van der Waals surface area contributed by atoms with Gasteiger partial charge in [-0.15, -0.1) is 0 Å². The fraction of sp³-hybridized carbons (Fsp3) is 0.545. The van der Waals surface area contributed by atoms with Crippen molar-refractivity contribution in [3.63, 3.8) is 0 Å². The van der Waals surface area contributed by atoms with Crippen LogP contribution in [0.1, 0.15) is 47.4 Å². The molecule has 1 aromatic rings. The molecule has 0 radical (unpaired) electrons. The summed E-state index contributed by atoms with van der Waals surface area (Å²) in [6, 6.07) is 6.42. The van der Waals surface area contributed by atoms with Crippen molar-refractivity contribution in [2.45, 2.75) is 26.7 Å². The molecule has 8 nitrogen and oxygen atoms in total. The summed E-state index contributed by atoms with van der Waals surface area (Å²) >= 11 is 0. The van der Waals surface area contributed by atoms with Gasteiger partial charge in [-0.2, -0.15) is 0 Å². The molecule has 0 unspecified atom stereocenters. The molecule has 0 aromatic heterocycles. The third-order valence-corrected chi connectivity index (χ3v) is 6.95. The summed E-state index contributed by atoms with van der Waals surface area (Å²) in [5.74, 6) is -1.04. The number of hydrogen-bond donors (Lipinski definition) is 1. The maximum absolute atomic E-state index is 13.4. The summed E-state index contributed by atoms with van der Waals surface area (Å²) in [6.45, 7) is 8.30. The molecule has 170 valence electrons. The van der Waals surface area contributed by atoms with Gasteiger partial charge in [0.15, 0.2) is 4.91 Å². The van der Waals surface area contributed by atoms with E-state index in [1.165, 1.54) is 6.07 Å². The van der Waals surface area contributed by atoms with E-state index >= 15 is 0 Å². The van der Waals surface area contributed by atoms with Gasteiger partial charge in [-0.25, -0.2) is 13.1 Å². The number of Topliss-reactive ketones (excluding diaryl/α,β-unsaturated/α-hetero) is 2. The van der Waals surface area contributed by atoms with Gasteiger partial charge in [0.25, 0.3) is 0 Å². The number of nitrogens with zero attached hydrogens (tertiary/aromatic N) is 2. The molecular weight excluding hydrogens is 418 g/mol. The highest BCUT2D eigenvalue weighted by Crippen LogP contribution is 2.31. The minimum Gasteiger partial charge on any atom is -0.379 e. The molecule has 0 saturated carbocycles. The van der Waals surface area contributed by atoms with Gasteiger partial charge in [0.2, 0.25) is 21.6 Å². The summed E-state index contributed by atoms with van der Waals surface area (Å²) in [4.78, 5) is 30.1. The number of fused-ring (bicyclic) bond motifs is 1. The van der Waals surface area contributed by atoms with E-state index in [0.717, 1.165) is 25.9 Å². The number of sulfonamides is 1. The first-order chi connectivity index (χ1) is 14.9. The third-order valence-electron chi connectivity index (χ3n) is 5.45. The Balaban J connectivity index is 1.96. The minimum atomic E-state index is -4.18. The number of carbonyl (C=O) groups is 2. The third kappa shape index (κ3) is 5.23. The highest BCUT2D eigenvalue weighted by atomic mass is 32.2. The molecule has 0 amide bonds. The number of morpholine rings is 1. The van der Waals surface area contributed by atoms with Gasteiger partial charge >= 0.3 is 0 Å². The Morgan fingerprint density at radius 3 is 2.16 bits per heavy atom. The Morgan fingerprint density at radius 1 is 1.00 bits per heavy atom. The first-order valence-corrected chi connectivity index (χ1v) is 12.4. The summed E-state index contributed by atoms with van der Waals surface area (Å²) in [6.07, 6.45) is 1.45. The van der Waals surface area contributed by atoms with Gasteiger partial charge in [-0.3, -0.25) is 14.5 Å². The molecule has 3 rings (SSSR count). The van der Waals surface area contributed by atoms with Crippen molar-refractivity contribution in [1.29, 1.82) is 0 Å². The molecule has 0 spiro atoms. The Hall–Kier alpha value is -2.07. The molecule has 1 fully saturated rings. The lowest BCUT2D eigenvalue weighted by Gasteiger charge is -2.31. The zero-order valence-electron chi connectivity index (χ0n) is 18.2. The number of ketones is 2. The summed E-state index contributed by atoms with van der Waals surface area (Å²) in [5.41, 5.74) is 0.385. The fourth-order valence-corrected chi connectivity index (χ4v) is 5.32. The molecule has 1 aliphatic heterocycles. The molecule has 0 atom stereocenters. The van der Waals surface area contributed by atoms with E-state index in [9.17, 15) is 18.0 Å². The smallest absolute Gasteiger partial charge is 0.246 e. The average Bonchev–Trinajstić information content (AvgIpc) is 2.76. The lowest BCUT2D eigenvalue weighted by Crippen LogP contribution is -2.43. The van der Waals surface area contributed by atoms with Crippen molar-refractivity contribution >= 4 is 21.6 Å². The van der Waals surface area contributed by atoms with Crippen molar-refractivity contribution in [3.05, 3.63) is 46.0 Å². The van der Waals surface area contributed by atoms with Gasteiger partial charge in [0.1, 0.15) is 5.70 Å². The lowest BCUT2D eigenvalue weighted by molar-refractivity contribution is 0.0390. The number of nitrogens with one attached hydrogen (secondary N) is 1.